The summed E-state index contributed by atoms with van der Waals surface area (Å²) in [7, 11) is 0. The fourth-order valence-corrected chi connectivity index (χ4v) is 1.46. The average molecular weight is 247 g/mol. The summed E-state index contributed by atoms with van der Waals surface area (Å²) in [6.07, 6.45) is 3.28. The summed E-state index contributed by atoms with van der Waals surface area (Å²) < 4.78 is 4.59. The van der Waals surface area contributed by atoms with E-state index in [0.29, 0.717) is 35.7 Å². The molecule has 18 heavy (non-hydrogen) atoms. The lowest BCUT2D eigenvalue weighted by Gasteiger charge is -2.06. The number of aryl methyl sites for hydroxylation is 1. The number of nitrogens with one attached hydrogen (secondary N) is 1. The highest BCUT2D eigenvalue weighted by atomic mass is 16.5. The average Bonchev–Trinajstić information content (AvgIpc) is 2.85. The second kappa shape index (κ2) is 5.26. The van der Waals surface area contributed by atoms with Gasteiger partial charge in [-0.15, -0.1) is 0 Å². The number of carbonyl (C=O) groups excluding carboxylic acids is 1. The van der Waals surface area contributed by atoms with Crippen LogP contribution in [-0.4, -0.2) is 27.6 Å². The Morgan fingerprint density at radius 2 is 2.33 bits per heavy atom. The maximum Gasteiger partial charge on any atom is 0.253 e. The van der Waals surface area contributed by atoms with E-state index in [9.17, 15) is 4.79 Å². The molecule has 0 aliphatic rings. The van der Waals surface area contributed by atoms with Gasteiger partial charge >= 0.3 is 0 Å². The molecule has 2 aromatic heterocycles. The van der Waals surface area contributed by atoms with Gasteiger partial charge in [0, 0.05) is 13.0 Å². The van der Waals surface area contributed by atoms with E-state index in [1.807, 2.05) is 0 Å². The molecule has 7 heteroatoms. The van der Waals surface area contributed by atoms with Gasteiger partial charge in [0.1, 0.15) is 0 Å². The second-order valence-corrected chi connectivity index (χ2v) is 3.75. The van der Waals surface area contributed by atoms with E-state index in [1.165, 1.54) is 12.6 Å². The summed E-state index contributed by atoms with van der Waals surface area (Å²) in [5, 5.41) is 6.40. The lowest BCUT2D eigenvalue weighted by atomic mass is 10.2. The Balaban J connectivity index is 1.93. The van der Waals surface area contributed by atoms with Gasteiger partial charge in [0.2, 0.25) is 6.39 Å². The van der Waals surface area contributed by atoms with Gasteiger partial charge in [-0.25, -0.2) is 0 Å². The molecule has 0 saturated carbocycles. The second-order valence-electron chi connectivity index (χ2n) is 3.75. The molecule has 2 heterocycles. The van der Waals surface area contributed by atoms with Crippen molar-refractivity contribution in [1.82, 2.24) is 20.4 Å². The van der Waals surface area contributed by atoms with Crippen LogP contribution in [0.1, 0.15) is 21.9 Å². The minimum absolute atomic E-state index is 0.212. The lowest BCUT2D eigenvalue weighted by molar-refractivity contribution is 0.0953. The summed E-state index contributed by atoms with van der Waals surface area (Å²) in [5.74, 6) is 0.341. The molecule has 0 unspecified atom stereocenters. The Bertz CT molecular complexity index is 538. The zero-order valence-corrected chi connectivity index (χ0v) is 9.88. The normalized spacial score (nSPS) is 10.3. The standard InChI is InChI=1S/C11H13N5O2/c1-7-9(4-8(12)5-14-7)11(17)13-3-2-10-15-6-18-16-10/h4-6H,2-3,12H2,1H3,(H,13,17). The van der Waals surface area contributed by atoms with Crippen LogP contribution in [-0.2, 0) is 6.42 Å². The molecule has 0 aliphatic heterocycles. The number of aromatic nitrogens is 3. The quantitative estimate of drug-likeness (QED) is 0.806. The number of nitrogens with zero attached hydrogens (tertiary/aromatic N) is 3. The molecule has 0 bridgehead atoms. The van der Waals surface area contributed by atoms with Gasteiger partial charge < -0.3 is 15.6 Å². The molecular weight excluding hydrogens is 234 g/mol. The SMILES string of the molecule is Cc1ncc(N)cc1C(=O)NCCc1ncon1. The minimum atomic E-state index is -0.212. The van der Waals surface area contributed by atoms with Crippen molar-refractivity contribution in [3.8, 4) is 0 Å². The first-order valence-corrected chi connectivity index (χ1v) is 5.42. The van der Waals surface area contributed by atoms with Crippen molar-refractivity contribution in [3.05, 3.63) is 35.7 Å². The van der Waals surface area contributed by atoms with Crippen LogP contribution in [0.25, 0.3) is 0 Å². The lowest BCUT2D eigenvalue weighted by Crippen LogP contribution is -2.27. The molecular formula is C11H13N5O2. The van der Waals surface area contributed by atoms with Crippen molar-refractivity contribution in [1.29, 1.82) is 0 Å². The molecule has 0 saturated heterocycles. The molecule has 2 aromatic rings. The summed E-state index contributed by atoms with van der Waals surface area (Å²) >= 11 is 0. The number of pyridine rings is 1. The number of carbonyl (C=O) groups is 1. The van der Waals surface area contributed by atoms with Crippen LogP contribution in [0, 0.1) is 6.92 Å². The van der Waals surface area contributed by atoms with Crippen molar-refractivity contribution in [2.45, 2.75) is 13.3 Å². The number of hydrogen-bond donors (Lipinski definition) is 2. The molecule has 3 N–H and O–H groups in total. The molecule has 0 radical (unpaired) electrons. The first-order valence-electron chi connectivity index (χ1n) is 5.42. The minimum Gasteiger partial charge on any atom is -0.397 e. The van der Waals surface area contributed by atoms with E-state index < -0.39 is 0 Å². The fourth-order valence-electron chi connectivity index (χ4n) is 1.46. The summed E-state index contributed by atoms with van der Waals surface area (Å²) in [5.41, 5.74) is 7.17. The first kappa shape index (κ1) is 12.0. The highest BCUT2D eigenvalue weighted by molar-refractivity contribution is 5.95. The Morgan fingerprint density at radius 1 is 1.50 bits per heavy atom. The number of amides is 1. The molecule has 0 aliphatic carbocycles. The largest absolute Gasteiger partial charge is 0.397 e. The van der Waals surface area contributed by atoms with E-state index in [1.54, 1.807) is 13.0 Å². The van der Waals surface area contributed by atoms with Crippen LogP contribution in [0.5, 0.6) is 0 Å². The molecule has 0 spiro atoms. The van der Waals surface area contributed by atoms with Gasteiger partial charge in [-0.3, -0.25) is 9.78 Å². The molecule has 94 valence electrons. The third kappa shape index (κ3) is 2.82. The maximum atomic E-state index is 11.9. The van der Waals surface area contributed by atoms with Crippen LogP contribution >= 0.6 is 0 Å². The van der Waals surface area contributed by atoms with E-state index in [2.05, 4.69) is 25.0 Å². The van der Waals surface area contributed by atoms with E-state index in [-0.39, 0.29) is 5.91 Å². The Hall–Kier alpha value is -2.44. The Labute approximate surface area is 103 Å². The summed E-state index contributed by atoms with van der Waals surface area (Å²) in [4.78, 5) is 19.8. The monoisotopic (exact) mass is 247 g/mol. The van der Waals surface area contributed by atoms with Crippen molar-refractivity contribution < 1.29 is 9.32 Å². The number of rotatable bonds is 4. The van der Waals surface area contributed by atoms with Crippen LogP contribution in [0.15, 0.2) is 23.2 Å². The van der Waals surface area contributed by atoms with Gasteiger partial charge in [0.05, 0.1) is 23.1 Å². The third-order valence-corrected chi connectivity index (χ3v) is 2.39. The van der Waals surface area contributed by atoms with Crippen LogP contribution in [0.4, 0.5) is 5.69 Å². The molecule has 0 atom stereocenters. The number of anilines is 1. The zero-order chi connectivity index (χ0) is 13.0. The highest BCUT2D eigenvalue weighted by Crippen LogP contribution is 2.09. The smallest absolute Gasteiger partial charge is 0.253 e. The molecule has 7 nitrogen and oxygen atoms in total. The number of nitrogens with two attached hydrogens (primary N) is 1. The van der Waals surface area contributed by atoms with Crippen LogP contribution in [0.2, 0.25) is 0 Å². The van der Waals surface area contributed by atoms with Crippen molar-refractivity contribution in [2.24, 2.45) is 0 Å². The predicted octanol–water partition coefficient (Wildman–Crippen LogP) is 0.328. The third-order valence-electron chi connectivity index (χ3n) is 2.39. The molecule has 0 fully saturated rings. The Kier molecular flexibility index (Phi) is 3.52. The van der Waals surface area contributed by atoms with Crippen molar-refractivity contribution >= 4 is 11.6 Å². The van der Waals surface area contributed by atoms with Crippen LogP contribution < -0.4 is 11.1 Å². The topological polar surface area (TPSA) is 107 Å². The molecule has 2 rings (SSSR count). The van der Waals surface area contributed by atoms with Crippen molar-refractivity contribution in [3.63, 3.8) is 0 Å². The van der Waals surface area contributed by atoms with Gasteiger partial charge in [-0.1, -0.05) is 5.16 Å². The van der Waals surface area contributed by atoms with Gasteiger partial charge in [-0.05, 0) is 13.0 Å². The number of nitrogen functional groups attached to an aromatic ring is 1. The van der Waals surface area contributed by atoms with E-state index in [0.717, 1.165) is 0 Å². The van der Waals surface area contributed by atoms with Crippen LogP contribution in [0.3, 0.4) is 0 Å². The summed E-state index contributed by atoms with van der Waals surface area (Å²) in [6, 6.07) is 1.60. The zero-order valence-electron chi connectivity index (χ0n) is 9.88. The van der Waals surface area contributed by atoms with E-state index >= 15 is 0 Å². The first-order chi connectivity index (χ1) is 8.66. The van der Waals surface area contributed by atoms with Gasteiger partial charge in [0.25, 0.3) is 5.91 Å². The Morgan fingerprint density at radius 3 is 3.06 bits per heavy atom. The van der Waals surface area contributed by atoms with Gasteiger partial charge in [-0.2, -0.15) is 4.98 Å². The fraction of sp³-hybridized carbons (Fsp3) is 0.273. The summed E-state index contributed by atoms with van der Waals surface area (Å²) in [6.45, 7) is 2.18. The molecule has 1 amide bonds. The van der Waals surface area contributed by atoms with E-state index in [4.69, 9.17) is 5.73 Å². The molecule has 0 aromatic carbocycles. The van der Waals surface area contributed by atoms with Gasteiger partial charge in [0.15, 0.2) is 5.82 Å². The van der Waals surface area contributed by atoms with Crippen molar-refractivity contribution in [2.75, 3.05) is 12.3 Å². The maximum absolute atomic E-state index is 11.9. The predicted molar refractivity (Wildman–Crippen MR) is 63.7 cm³/mol. The number of hydrogen-bond acceptors (Lipinski definition) is 6. The highest BCUT2D eigenvalue weighted by Gasteiger charge is 2.10.